The molecule has 3 atom stereocenters. The highest BCUT2D eigenvalue weighted by atomic mass is 16.7. The molecule has 182 valence electrons. The van der Waals surface area contributed by atoms with Crippen molar-refractivity contribution < 1.29 is 19.1 Å². The number of rotatable bonds is 16. The van der Waals surface area contributed by atoms with Crippen molar-refractivity contribution in [3.8, 4) is 0 Å². The lowest BCUT2D eigenvalue weighted by atomic mass is 9.98. The summed E-state index contributed by atoms with van der Waals surface area (Å²) in [5.41, 5.74) is 0.900. The van der Waals surface area contributed by atoms with Crippen molar-refractivity contribution in [2.24, 2.45) is 0 Å². The van der Waals surface area contributed by atoms with Crippen molar-refractivity contribution >= 4 is 11.8 Å². The Bertz CT molecular complexity index is 742. The number of hydrogen-bond acceptors (Lipinski definition) is 4. The Kier molecular flexibility index (Phi) is 10.6. The summed E-state index contributed by atoms with van der Waals surface area (Å²) in [7, 11) is 0. The molecule has 0 saturated carbocycles. The van der Waals surface area contributed by atoms with Crippen LogP contribution in [0, 0.1) is 0 Å². The molecule has 0 radical (unpaired) electrons. The minimum absolute atomic E-state index is 0.125. The van der Waals surface area contributed by atoms with Crippen LogP contribution >= 0.6 is 0 Å². The zero-order valence-electron chi connectivity index (χ0n) is 20.3. The summed E-state index contributed by atoms with van der Waals surface area (Å²) in [4.78, 5) is 27.1. The predicted molar refractivity (Wildman–Crippen MR) is 131 cm³/mol. The Labute approximate surface area is 199 Å². The van der Waals surface area contributed by atoms with Crippen LogP contribution in [0.25, 0.3) is 0 Å². The minimum Gasteiger partial charge on any atom is -0.349 e. The Balaban J connectivity index is 1.37. The van der Waals surface area contributed by atoms with Gasteiger partial charge in [-0.1, -0.05) is 102 Å². The van der Waals surface area contributed by atoms with Crippen LogP contribution in [0.4, 0.5) is 0 Å². The normalized spacial score (nSPS) is 20.9. The number of ether oxygens (including phenoxy) is 2. The summed E-state index contributed by atoms with van der Waals surface area (Å²) in [6.45, 7) is 6.36. The van der Waals surface area contributed by atoms with E-state index in [9.17, 15) is 9.59 Å². The van der Waals surface area contributed by atoms with Crippen LogP contribution in [0.1, 0.15) is 111 Å². The predicted octanol–water partition coefficient (Wildman–Crippen LogP) is 6.67. The van der Waals surface area contributed by atoms with Gasteiger partial charge >= 0.3 is 0 Å². The first-order valence-corrected chi connectivity index (χ1v) is 13.0. The molecule has 1 fully saturated rings. The average molecular weight is 456 g/mol. The molecule has 0 unspecified atom stereocenters. The summed E-state index contributed by atoms with van der Waals surface area (Å²) in [6, 6.07) is 6.43. The molecule has 0 aromatic heterocycles. The maximum Gasteiger partial charge on any atom is 0.262 e. The Hall–Kier alpha value is -1.98. The van der Waals surface area contributed by atoms with Gasteiger partial charge in [0, 0.05) is 0 Å². The van der Waals surface area contributed by atoms with E-state index < -0.39 is 6.04 Å². The van der Waals surface area contributed by atoms with E-state index >= 15 is 0 Å². The molecule has 0 aliphatic carbocycles. The number of unbranched alkanes of at least 4 members (excludes halogenated alkanes) is 11. The molecule has 2 heterocycles. The van der Waals surface area contributed by atoms with Crippen LogP contribution in [-0.4, -0.2) is 41.8 Å². The first-order valence-electron chi connectivity index (χ1n) is 13.0. The highest BCUT2D eigenvalue weighted by molar-refractivity contribution is 6.21. The Morgan fingerprint density at radius 1 is 0.879 bits per heavy atom. The maximum absolute atomic E-state index is 12.9. The lowest BCUT2D eigenvalue weighted by Gasteiger charge is -2.30. The van der Waals surface area contributed by atoms with Crippen LogP contribution < -0.4 is 0 Å². The molecule has 0 N–H and O–H groups in total. The number of amides is 2. The summed E-state index contributed by atoms with van der Waals surface area (Å²) in [5, 5.41) is 0. The summed E-state index contributed by atoms with van der Waals surface area (Å²) in [6.07, 6.45) is 17.7. The van der Waals surface area contributed by atoms with Crippen molar-refractivity contribution in [1.82, 2.24) is 4.90 Å². The number of benzene rings is 1. The third-order valence-corrected chi connectivity index (χ3v) is 6.95. The summed E-state index contributed by atoms with van der Waals surface area (Å²) in [5.74, 6) is -0.555. The van der Waals surface area contributed by atoms with Crippen molar-refractivity contribution in [1.29, 1.82) is 0 Å². The topological polar surface area (TPSA) is 55.8 Å². The van der Waals surface area contributed by atoms with Crippen molar-refractivity contribution in [2.45, 2.75) is 109 Å². The lowest BCUT2D eigenvalue weighted by molar-refractivity contribution is 0.0199. The van der Waals surface area contributed by atoms with E-state index in [1.54, 1.807) is 30.3 Å². The van der Waals surface area contributed by atoms with Gasteiger partial charge in [-0.2, -0.15) is 0 Å². The van der Waals surface area contributed by atoms with Gasteiger partial charge in [-0.05, 0) is 18.6 Å². The highest BCUT2D eigenvalue weighted by Gasteiger charge is 2.45. The van der Waals surface area contributed by atoms with Gasteiger partial charge in [-0.25, -0.2) is 0 Å². The monoisotopic (exact) mass is 455 g/mol. The SMILES string of the molecule is C=C[C@@H]([C@@H]1OCO[C@@H]1CCCCCCCCCCCCCC)N1C(=O)c2ccccc2C1=O. The van der Waals surface area contributed by atoms with E-state index in [0.717, 1.165) is 12.8 Å². The zero-order valence-corrected chi connectivity index (χ0v) is 20.3. The standard InChI is InChI=1S/C28H41NO4/c1-3-5-6-7-8-9-10-11-12-13-14-15-20-25-26(33-21-32-25)24(4-2)29-27(30)22-18-16-17-19-23(22)28(29)31/h4,16-19,24-26H,2-3,5-15,20-21H2,1H3/t24-,25+,26-/m0/s1. The number of carbonyl (C=O) groups is 2. The average Bonchev–Trinajstić information content (AvgIpc) is 3.39. The smallest absolute Gasteiger partial charge is 0.262 e. The molecule has 0 spiro atoms. The molecule has 1 aromatic rings. The molecule has 2 aliphatic rings. The second-order valence-electron chi connectivity index (χ2n) is 9.38. The van der Waals surface area contributed by atoms with E-state index in [2.05, 4.69) is 13.5 Å². The maximum atomic E-state index is 12.9. The molecule has 1 saturated heterocycles. The third-order valence-electron chi connectivity index (χ3n) is 6.95. The van der Waals surface area contributed by atoms with E-state index in [-0.39, 0.29) is 30.8 Å². The van der Waals surface area contributed by atoms with E-state index in [4.69, 9.17) is 9.47 Å². The van der Waals surface area contributed by atoms with Gasteiger partial charge in [0.1, 0.15) is 12.9 Å². The second kappa shape index (κ2) is 13.7. The number of carbonyl (C=O) groups excluding carboxylic acids is 2. The fourth-order valence-corrected chi connectivity index (χ4v) is 5.03. The van der Waals surface area contributed by atoms with Gasteiger partial charge < -0.3 is 9.47 Å². The van der Waals surface area contributed by atoms with Gasteiger partial charge in [0.05, 0.1) is 23.3 Å². The van der Waals surface area contributed by atoms with Crippen LogP contribution in [0.5, 0.6) is 0 Å². The van der Waals surface area contributed by atoms with E-state index in [0.29, 0.717) is 11.1 Å². The molecule has 2 aliphatic heterocycles. The van der Waals surface area contributed by atoms with Crippen LogP contribution in [0.15, 0.2) is 36.9 Å². The van der Waals surface area contributed by atoms with E-state index in [1.807, 2.05) is 0 Å². The molecule has 3 rings (SSSR count). The van der Waals surface area contributed by atoms with Crippen molar-refractivity contribution in [2.75, 3.05) is 6.79 Å². The van der Waals surface area contributed by atoms with Gasteiger partial charge in [-0.15, -0.1) is 6.58 Å². The first-order chi connectivity index (χ1) is 16.2. The molecular formula is C28H41NO4. The Morgan fingerprint density at radius 3 is 1.91 bits per heavy atom. The Morgan fingerprint density at radius 2 is 1.39 bits per heavy atom. The fourth-order valence-electron chi connectivity index (χ4n) is 5.03. The highest BCUT2D eigenvalue weighted by Crippen LogP contribution is 2.31. The largest absolute Gasteiger partial charge is 0.349 e. The fraction of sp³-hybridized carbons (Fsp3) is 0.643. The summed E-state index contributed by atoms with van der Waals surface area (Å²) < 4.78 is 11.7. The summed E-state index contributed by atoms with van der Waals surface area (Å²) >= 11 is 0. The lowest BCUT2D eigenvalue weighted by Crippen LogP contribution is -2.49. The number of hydrogen-bond donors (Lipinski definition) is 0. The number of fused-ring (bicyclic) bond motifs is 1. The molecule has 33 heavy (non-hydrogen) atoms. The zero-order chi connectivity index (χ0) is 23.5. The molecule has 1 aromatic carbocycles. The van der Waals surface area contributed by atoms with Crippen molar-refractivity contribution in [3.05, 3.63) is 48.0 Å². The van der Waals surface area contributed by atoms with Crippen LogP contribution in [0.3, 0.4) is 0 Å². The third kappa shape index (κ3) is 6.77. The molecule has 0 bridgehead atoms. The van der Waals surface area contributed by atoms with Gasteiger partial charge in [0.25, 0.3) is 11.8 Å². The minimum atomic E-state index is -0.526. The quantitative estimate of drug-likeness (QED) is 0.159. The van der Waals surface area contributed by atoms with E-state index in [1.165, 1.54) is 75.5 Å². The van der Waals surface area contributed by atoms with Crippen molar-refractivity contribution in [3.63, 3.8) is 0 Å². The van der Waals surface area contributed by atoms with Crippen LogP contribution in [0.2, 0.25) is 0 Å². The number of nitrogens with zero attached hydrogens (tertiary/aromatic N) is 1. The van der Waals surface area contributed by atoms with Crippen LogP contribution in [-0.2, 0) is 9.47 Å². The number of imide groups is 1. The molecule has 5 nitrogen and oxygen atoms in total. The molecule has 2 amide bonds. The molecule has 5 heteroatoms. The second-order valence-corrected chi connectivity index (χ2v) is 9.38. The van der Waals surface area contributed by atoms with Gasteiger partial charge in [-0.3, -0.25) is 14.5 Å². The molecular weight excluding hydrogens is 414 g/mol. The van der Waals surface area contributed by atoms with Gasteiger partial charge in [0.15, 0.2) is 0 Å². The first kappa shape index (κ1) is 25.6. The van der Waals surface area contributed by atoms with Gasteiger partial charge in [0.2, 0.25) is 0 Å².